The molecular weight excluding hydrogens is 518 g/mol. The zero-order valence-electron chi connectivity index (χ0n) is 16.2. The van der Waals surface area contributed by atoms with E-state index in [2.05, 4.69) is 31.9 Å². The van der Waals surface area contributed by atoms with Crippen molar-refractivity contribution in [2.24, 2.45) is 0 Å². The highest BCUT2D eigenvalue weighted by Gasteiger charge is 2.17. The first-order valence-electron chi connectivity index (χ1n) is 9.65. The van der Waals surface area contributed by atoms with Crippen LogP contribution in [0.5, 0.6) is 5.75 Å². The highest BCUT2D eigenvalue weighted by Crippen LogP contribution is 2.30. The van der Waals surface area contributed by atoms with Gasteiger partial charge < -0.3 is 4.74 Å². The molecule has 0 N–H and O–H groups in total. The summed E-state index contributed by atoms with van der Waals surface area (Å²) in [6, 6.07) is 28.9. The zero-order chi connectivity index (χ0) is 21.4. The lowest BCUT2D eigenvalue weighted by molar-refractivity contribution is 0.0739. The highest BCUT2D eigenvalue weighted by atomic mass is 79.9. The predicted octanol–water partition coefficient (Wildman–Crippen LogP) is 7.80. The van der Waals surface area contributed by atoms with Gasteiger partial charge in [0, 0.05) is 25.3 Å². The number of fused-ring (bicyclic) bond motifs is 2. The van der Waals surface area contributed by atoms with E-state index in [0.717, 1.165) is 36.2 Å². The Morgan fingerprint density at radius 3 is 2.32 bits per heavy atom. The number of pyridine rings is 1. The number of rotatable bonds is 3. The van der Waals surface area contributed by atoms with Crippen molar-refractivity contribution in [3.05, 3.63) is 106 Å². The fourth-order valence-corrected chi connectivity index (χ4v) is 4.20. The van der Waals surface area contributed by atoms with Crippen LogP contribution < -0.4 is 4.74 Å². The number of hydrogen-bond acceptors (Lipinski definition) is 3. The van der Waals surface area contributed by atoms with Crippen LogP contribution in [0.4, 0.5) is 0 Å². The Hall–Kier alpha value is -3.02. The molecule has 0 bridgehead atoms. The van der Waals surface area contributed by atoms with Crippen molar-refractivity contribution in [3.8, 4) is 17.0 Å². The molecule has 3 nitrogen and oxygen atoms in total. The predicted molar refractivity (Wildman–Crippen MR) is 131 cm³/mol. The Labute approximate surface area is 196 Å². The standard InChI is InChI=1S/C26H15Br2NO2/c27-18-10-8-17(9-11-18)24-15-22(21-14-19(28)12-13-23(21)29-24)26(30)31-25-7-3-5-16-4-1-2-6-20(16)25/h1-15H. The van der Waals surface area contributed by atoms with Gasteiger partial charge in [0.25, 0.3) is 0 Å². The van der Waals surface area contributed by atoms with Crippen molar-refractivity contribution in [2.75, 3.05) is 0 Å². The Balaban J connectivity index is 1.64. The van der Waals surface area contributed by atoms with E-state index < -0.39 is 5.97 Å². The number of aromatic nitrogens is 1. The smallest absolute Gasteiger partial charge is 0.344 e. The molecule has 1 aromatic heterocycles. The van der Waals surface area contributed by atoms with Gasteiger partial charge >= 0.3 is 5.97 Å². The molecule has 0 aliphatic carbocycles. The highest BCUT2D eigenvalue weighted by molar-refractivity contribution is 9.10. The maximum Gasteiger partial charge on any atom is 0.344 e. The topological polar surface area (TPSA) is 39.2 Å². The molecule has 0 saturated heterocycles. The minimum atomic E-state index is -0.416. The second kappa shape index (κ2) is 8.25. The quantitative estimate of drug-likeness (QED) is 0.176. The van der Waals surface area contributed by atoms with Gasteiger partial charge in [-0.3, -0.25) is 0 Å². The largest absolute Gasteiger partial charge is 0.422 e. The van der Waals surface area contributed by atoms with Crippen molar-refractivity contribution in [1.82, 2.24) is 4.98 Å². The molecule has 0 saturated carbocycles. The van der Waals surface area contributed by atoms with Crippen LogP contribution in [-0.2, 0) is 0 Å². The maximum absolute atomic E-state index is 13.3. The number of halogens is 2. The van der Waals surface area contributed by atoms with Gasteiger partial charge in [0.05, 0.1) is 16.8 Å². The van der Waals surface area contributed by atoms with E-state index in [9.17, 15) is 4.79 Å². The normalized spacial score (nSPS) is 11.0. The molecule has 31 heavy (non-hydrogen) atoms. The lowest BCUT2D eigenvalue weighted by Gasteiger charge is -2.12. The Kier molecular flexibility index (Phi) is 5.30. The average Bonchev–Trinajstić information content (AvgIpc) is 2.79. The summed E-state index contributed by atoms with van der Waals surface area (Å²) in [6.07, 6.45) is 0. The van der Waals surface area contributed by atoms with Crippen LogP contribution in [-0.4, -0.2) is 11.0 Å². The molecule has 0 amide bonds. The first-order chi connectivity index (χ1) is 15.1. The lowest BCUT2D eigenvalue weighted by atomic mass is 10.0. The first kappa shape index (κ1) is 19.9. The van der Waals surface area contributed by atoms with Crippen LogP contribution in [0.2, 0.25) is 0 Å². The van der Waals surface area contributed by atoms with Crippen LogP contribution in [0, 0.1) is 0 Å². The molecule has 5 rings (SSSR count). The summed E-state index contributed by atoms with van der Waals surface area (Å²) < 4.78 is 7.74. The van der Waals surface area contributed by atoms with Gasteiger partial charge in [0.15, 0.2) is 0 Å². The summed E-state index contributed by atoms with van der Waals surface area (Å²) in [5, 5.41) is 2.65. The van der Waals surface area contributed by atoms with E-state index in [1.54, 1.807) is 6.07 Å². The molecule has 1 heterocycles. The fourth-order valence-electron chi connectivity index (χ4n) is 3.57. The van der Waals surface area contributed by atoms with Crippen molar-refractivity contribution < 1.29 is 9.53 Å². The third-order valence-electron chi connectivity index (χ3n) is 5.08. The van der Waals surface area contributed by atoms with E-state index in [4.69, 9.17) is 9.72 Å². The van der Waals surface area contributed by atoms with Crippen molar-refractivity contribution in [2.45, 2.75) is 0 Å². The van der Waals surface area contributed by atoms with Crippen LogP contribution in [0.3, 0.4) is 0 Å². The Morgan fingerprint density at radius 2 is 1.48 bits per heavy atom. The summed E-state index contributed by atoms with van der Waals surface area (Å²) >= 11 is 6.96. The van der Waals surface area contributed by atoms with Gasteiger partial charge in [0.1, 0.15) is 5.75 Å². The van der Waals surface area contributed by atoms with Crippen molar-refractivity contribution in [1.29, 1.82) is 0 Å². The average molecular weight is 533 g/mol. The van der Waals surface area contributed by atoms with Gasteiger partial charge in [-0.2, -0.15) is 0 Å². The summed E-state index contributed by atoms with van der Waals surface area (Å²) in [4.78, 5) is 18.1. The van der Waals surface area contributed by atoms with Crippen molar-refractivity contribution >= 4 is 59.5 Å². The molecule has 0 spiro atoms. The van der Waals surface area contributed by atoms with E-state index in [1.807, 2.05) is 84.9 Å². The molecule has 4 aromatic carbocycles. The molecule has 5 heteroatoms. The number of hydrogen-bond donors (Lipinski definition) is 0. The number of carbonyl (C=O) groups excluding carboxylic acids is 1. The monoisotopic (exact) mass is 531 g/mol. The van der Waals surface area contributed by atoms with Gasteiger partial charge in [0.2, 0.25) is 0 Å². The number of benzene rings is 4. The van der Waals surface area contributed by atoms with E-state index in [1.165, 1.54) is 0 Å². The van der Waals surface area contributed by atoms with Gasteiger partial charge in [-0.15, -0.1) is 0 Å². The molecule has 0 atom stereocenters. The second-order valence-electron chi connectivity index (χ2n) is 7.09. The maximum atomic E-state index is 13.3. The molecule has 150 valence electrons. The van der Waals surface area contributed by atoms with Crippen LogP contribution in [0.25, 0.3) is 32.9 Å². The number of ether oxygens (including phenoxy) is 1. The summed E-state index contributed by atoms with van der Waals surface area (Å²) in [7, 11) is 0. The molecular formula is C26H15Br2NO2. The fraction of sp³-hybridized carbons (Fsp3) is 0. The molecule has 0 aliphatic heterocycles. The third kappa shape index (κ3) is 3.99. The van der Waals surface area contributed by atoms with Gasteiger partial charge in [-0.1, -0.05) is 80.4 Å². The Bertz CT molecular complexity index is 1440. The second-order valence-corrected chi connectivity index (χ2v) is 8.92. The summed E-state index contributed by atoms with van der Waals surface area (Å²) in [6.45, 7) is 0. The zero-order valence-corrected chi connectivity index (χ0v) is 19.4. The van der Waals surface area contributed by atoms with E-state index in [0.29, 0.717) is 17.0 Å². The van der Waals surface area contributed by atoms with E-state index >= 15 is 0 Å². The van der Waals surface area contributed by atoms with Gasteiger partial charge in [-0.05, 0) is 47.9 Å². The lowest BCUT2D eigenvalue weighted by Crippen LogP contribution is -2.10. The number of nitrogens with zero attached hydrogens (tertiary/aromatic N) is 1. The minimum absolute atomic E-state index is 0.416. The van der Waals surface area contributed by atoms with Crippen LogP contribution in [0.15, 0.2) is 99.9 Å². The Morgan fingerprint density at radius 1 is 0.742 bits per heavy atom. The van der Waals surface area contributed by atoms with E-state index in [-0.39, 0.29) is 0 Å². The third-order valence-corrected chi connectivity index (χ3v) is 6.10. The van der Waals surface area contributed by atoms with Crippen LogP contribution in [0.1, 0.15) is 10.4 Å². The van der Waals surface area contributed by atoms with Crippen molar-refractivity contribution in [3.63, 3.8) is 0 Å². The first-order valence-corrected chi connectivity index (χ1v) is 11.2. The minimum Gasteiger partial charge on any atom is -0.422 e. The SMILES string of the molecule is O=C(Oc1cccc2ccccc12)c1cc(-c2ccc(Br)cc2)nc2ccc(Br)cc12. The summed E-state index contributed by atoms with van der Waals surface area (Å²) in [5.74, 6) is 0.119. The van der Waals surface area contributed by atoms with Crippen LogP contribution >= 0.6 is 31.9 Å². The molecule has 0 aliphatic rings. The molecule has 5 aromatic rings. The number of esters is 1. The molecule has 0 unspecified atom stereocenters. The van der Waals surface area contributed by atoms with Gasteiger partial charge in [-0.25, -0.2) is 9.78 Å². The number of carbonyl (C=O) groups is 1. The molecule has 0 radical (unpaired) electrons. The summed E-state index contributed by atoms with van der Waals surface area (Å²) in [5.41, 5.74) is 2.84. The molecule has 0 fully saturated rings.